The second-order valence-corrected chi connectivity index (χ2v) is 8.65. The maximum absolute atomic E-state index is 12.6. The van der Waals surface area contributed by atoms with Crippen molar-refractivity contribution < 1.29 is 19.2 Å². The number of carbonyl (C=O) groups excluding carboxylic acids is 1. The van der Waals surface area contributed by atoms with Crippen LogP contribution in [0.2, 0.25) is 5.02 Å². The monoisotopic (exact) mass is 603 g/mol. The van der Waals surface area contributed by atoms with Gasteiger partial charge in [0.2, 0.25) is 0 Å². The lowest BCUT2D eigenvalue weighted by atomic mass is 10.1. The first-order chi connectivity index (χ1) is 16.8. The third-order valence-electron chi connectivity index (χ3n) is 4.66. The van der Waals surface area contributed by atoms with Gasteiger partial charge in [-0.25, -0.2) is 0 Å². The molecule has 0 radical (unpaired) electrons. The minimum Gasteiger partial charge on any atom is -0.490 e. The molecule has 0 aliphatic carbocycles. The molecule has 10 heteroatoms. The minimum atomic E-state index is -0.591. The topological polar surface area (TPSA) is 114 Å². The lowest BCUT2D eigenvalue weighted by Gasteiger charge is -2.15. The molecule has 35 heavy (non-hydrogen) atoms. The molecule has 1 N–H and O–H groups in total. The van der Waals surface area contributed by atoms with Crippen molar-refractivity contribution in [3.8, 4) is 17.6 Å². The number of rotatable bonds is 9. The summed E-state index contributed by atoms with van der Waals surface area (Å²) in [4.78, 5) is 23.0. The van der Waals surface area contributed by atoms with Crippen molar-refractivity contribution in [3.05, 3.63) is 96.1 Å². The van der Waals surface area contributed by atoms with Crippen LogP contribution in [-0.4, -0.2) is 17.4 Å². The maximum atomic E-state index is 12.6. The van der Waals surface area contributed by atoms with Gasteiger partial charge in [0.15, 0.2) is 11.5 Å². The Morgan fingerprint density at radius 2 is 1.91 bits per heavy atom. The van der Waals surface area contributed by atoms with Crippen LogP contribution < -0.4 is 14.8 Å². The van der Waals surface area contributed by atoms with E-state index < -0.39 is 10.8 Å². The van der Waals surface area contributed by atoms with Crippen LogP contribution >= 0.6 is 34.2 Å². The number of nitro benzene ring substituents is 1. The summed E-state index contributed by atoms with van der Waals surface area (Å²) in [5, 5.41) is 23.4. The zero-order valence-electron chi connectivity index (χ0n) is 18.5. The van der Waals surface area contributed by atoms with E-state index in [4.69, 9.17) is 21.1 Å². The van der Waals surface area contributed by atoms with Gasteiger partial charge < -0.3 is 14.8 Å². The second kappa shape index (κ2) is 12.2. The molecule has 0 saturated carbocycles. The van der Waals surface area contributed by atoms with Gasteiger partial charge in [-0.3, -0.25) is 14.9 Å². The molecule has 0 unspecified atom stereocenters. The summed E-state index contributed by atoms with van der Waals surface area (Å²) < 4.78 is 12.4. The van der Waals surface area contributed by atoms with Crippen LogP contribution in [0.3, 0.4) is 0 Å². The van der Waals surface area contributed by atoms with Crippen molar-refractivity contribution in [2.75, 3.05) is 11.9 Å². The standard InChI is InChI=1S/C25H19ClIN3O5/c1-2-34-23-13-17(11-18(14-28)25(31)29-22-6-4-3-5-20(22)26)12-21(27)24(23)35-15-16-7-9-19(10-8-16)30(32)33/h3-13H,2,15H2,1H3,(H,29,31)/b18-11-. The molecule has 0 fully saturated rings. The first kappa shape index (κ1) is 26.0. The molecule has 3 aromatic rings. The highest BCUT2D eigenvalue weighted by atomic mass is 127. The fourth-order valence-electron chi connectivity index (χ4n) is 3.01. The summed E-state index contributed by atoms with van der Waals surface area (Å²) in [5.74, 6) is 0.338. The highest BCUT2D eigenvalue weighted by molar-refractivity contribution is 14.1. The van der Waals surface area contributed by atoms with Crippen LogP contribution in [0.25, 0.3) is 6.08 Å². The minimum absolute atomic E-state index is 0.00125. The van der Waals surface area contributed by atoms with E-state index in [-0.39, 0.29) is 17.9 Å². The molecule has 3 aromatic carbocycles. The van der Waals surface area contributed by atoms with Gasteiger partial charge in [0.25, 0.3) is 11.6 Å². The molecule has 0 atom stereocenters. The van der Waals surface area contributed by atoms with Crippen LogP contribution in [0, 0.1) is 25.0 Å². The summed E-state index contributed by atoms with van der Waals surface area (Å²) in [6, 6.07) is 18.2. The Balaban J connectivity index is 1.83. The third kappa shape index (κ3) is 6.94. The number of ether oxygens (including phenoxy) is 2. The van der Waals surface area contributed by atoms with E-state index >= 15 is 0 Å². The van der Waals surface area contributed by atoms with Crippen molar-refractivity contribution >= 4 is 57.5 Å². The van der Waals surface area contributed by atoms with Crippen molar-refractivity contribution in [2.24, 2.45) is 0 Å². The predicted molar refractivity (Wildman–Crippen MR) is 141 cm³/mol. The van der Waals surface area contributed by atoms with Crippen LogP contribution in [0.1, 0.15) is 18.1 Å². The molecular formula is C25H19ClIN3O5. The van der Waals surface area contributed by atoms with Crippen molar-refractivity contribution in [1.82, 2.24) is 0 Å². The number of hydrogen-bond acceptors (Lipinski definition) is 6. The number of halogens is 2. The van der Waals surface area contributed by atoms with Gasteiger partial charge in [0, 0.05) is 12.1 Å². The van der Waals surface area contributed by atoms with E-state index in [9.17, 15) is 20.2 Å². The van der Waals surface area contributed by atoms with E-state index in [2.05, 4.69) is 27.9 Å². The summed E-state index contributed by atoms with van der Waals surface area (Å²) in [6.07, 6.45) is 1.46. The maximum Gasteiger partial charge on any atom is 0.269 e. The van der Waals surface area contributed by atoms with E-state index in [1.165, 1.54) is 18.2 Å². The van der Waals surface area contributed by atoms with Crippen LogP contribution in [0.5, 0.6) is 11.5 Å². The molecule has 0 spiro atoms. The number of amides is 1. The SMILES string of the molecule is CCOc1cc(/C=C(/C#N)C(=O)Nc2ccccc2Cl)cc(I)c1OCc1ccc([N+](=O)[O-])cc1. The smallest absolute Gasteiger partial charge is 0.269 e. The first-order valence-corrected chi connectivity index (χ1v) is 11.8. The Hall–Kier alpha value is -3.62. The molecule has 0 aliphatic heterocycles. The highest BCUT2D eigenvalue weighted by Crippen LogP contribution is 2.35. The number of carbonyl (C=O) groups is 1. The Morgan fingerprint density at radius 1 is 1.20 bits per heavy atom. The van der Waals surface area contributed by atoms with Gasteiger partial charge in [-0.05, 0) is 83.1 Å². The van der Waals surface area contributed by atoms with E-state index in [1.807, 2.05) is 13.0 Å². The summed E-state index contributed by atoms with van der Waals surface area (Å²) in [6.45, 7) is 2.37. The Morgan fingerprint density at radius 3 is 2.54 bits per heavy atom. The van der Waals surface area contributed by atoms with Crippen molar-refractivity contribution in [1.29, 1.82) is 5.26 Å². The van der Waals surface area contributed by atoms with Crippen molar-refractivity contribution in [3.63, 3.8) is 0 Å². The number of non-ortho nitro benzene ring substituents is 1. The fraction of sp³-hybridized carbons (Fsp3) is 0.120. The quantitative estimate of drug-likeness (QED) is 0.0999. The van der Waals surface area contributed by atoms with Gasteiger partial charge in [0.1, 0.15) is 18.2 Å². The third-order valence-corrected chi connectivity index (χ3v) is 5.79. The Kier molecular flexibility index (Phi) is 9.05. The second-order valence-electron chi connectivity index (χ2n) is 7.08. The Bertz CT molecular complexity index is 1320. The lowest BCUT2D eigenvalue weighted by molar-refractivity contribution is -0.384. The number of benzene rings is 3. The number of nitro groups is 1. The Labute approximate surface area is 220 Å². The molecule has 8 nitrogen and oxygen atoms in total. The van der Waals surface area contributed by atoms with Gasteiger partial charge in [-0.15, -0.1) is 0 Å². The van der Waals surface area contributed by atoms with Crippen molar-refractivity contribution in [2.45, 2.75) is 13.5 Å². The lowest BCUT2D eigenvalue weighted by Crippen LogP contribution is -2.13. The summed E-state index contributed by atoms with van der Waals surface area (Å²) in [5.41, 5.74) is 1.62. The van der Waals surface area contributed by atoms with E-state index in [0.717, 1.165) is 5.56 Å². The van der Waals surface area contributed by atoms with Gasteiger partial charge in [-0.1, -0.05) is 23.7 Å². The van der Waals surface area contributed by atoms with Crippen LogP contribution in [-0.2, 0) is 11.4 Å². The molecular weight excluding hydrogens is 585 g/mol. The zero-order valence-corrected chi connectivity index (χ0v) is 21.4. The van der Waals surface area contributed by atoms with E-state index in [0.29, 0.717) is 37.9 Å². The number of nitriles is 1. The first-order valence-electron chi connectivity index (χ1n) is 10.3. The highest BCUT2D eigenvalue weighted by Gasteiger charge is 2.15. The van der Waals surface area contributed by atoms with E-state index in [1.54, 1.807) is 48.5 Å². The molecule has 0 saturated heterocycles. The largest absolute Gasteiger partial charge is 0.490 e. The zero-order chi connectivity index (χ0) is 25.4. The van der Waals surface area contributed by atoms with Crippen LogP contribution in [0.15, 0.2) is 66.2 Å². The average Bonchev–Trinajstić information content (AvgIpc) is 2.83. The molecule has 178 valence electrons. The van der Waals surface area contributed by atoms with Gasteiger partial charge in [-0.2, -0.15) is 5.26 Å². The molecule has 0 bridgehead atoms. The molecule has 0 aromatic heterocycles. The average molecular weight is 604 g/mol. The molecule has 1 amide bonds. The number of nitrogens with zero attached hydrogens (tertiary/aromatic N) is 2. The molecule has 3 rings (SSSR count). The number of nitrogens with one attached hydrogen (secondary N) is 1. The number of para-hydroxylation sites is 1. The normalized spacial score (nSPS) is 10.9. The van der Waals surface area contributed by atoms with Gasteiger partial charge >= 0.3 is 0 Å². The summed E-state index contributed by atoms with van der Waals surface area (Å²) >= 11 is 8.17. The number of anilines is 1. The predicted octanol–water partition coefficient (Wildman–Crippen LogP) is 6.38. The molecule has 0 aliphatic rings. The number of hydrogen-bond donors (Lipinski definition) is 1. The van der Waals surface area contributed by atoms with Gasteiger partial charge in [0.05, 0.1) is 25.8 Å². The molecule has 0 heterocycles. The van der Waals surface area contributed by atoms with Crippen LogP contribution in [0.4, 0.5) is 11.4 Å². The fourth-order valence-corrected chi connectivity index (χ4v) is 3.98. The summed E-state index contributed by atoms with van der Waals surface area (Å²) in [7, 11) is 0.